The number of piperidine rings is 1. The fourth-order valence-electron chi connectivity index (χ4n) is 3.09. The second kappa shape index (κ2) is 8.48. The van der Waals surface area contributed by atoms with E-state index in [1.807, 2.05) is 0 Å². The number of hydrogen-bond acceptors (Lipinski definition) is 5. The first-order valence-corrected chi connectivity index (χ1v) is 9.78. The van der Waals surface area contributed by atoms with Gasteiger partial charge in [0.05, 0.1) is 12.1 Å². The van der Waals surface area contributed by atoms with Crippen molar-refractivity contribution in [2.24, 2.45) is 11.5 Å². The molecular weight excluding hydrogens is 399 g/mol. The summed E-state index contributed by atoms with van der Waals surface area (Å²) < 4.78 is 19.5. The lowest BCUT2D eigenvalue weighted by Gasteiger charge is -2.31. The molecule has 0 spiro atoms. The van der Waals surface area contributed by atoms with Crippen molar-refractivity contribution in [1.29, 1.82) is 0 Å². The molecule has 1 unspecified atom stereocenters. The molecule has 1 saturated heterocycles. The van der Waals surface area contributed by atoms with E-state index in [2.05, 4.69) is 5.32 Å². The van der Waals surface area contributed by atoms with E-state index in [9.17, 15) is 18.8 Å². The number of halogens is 1. The van der Waals surface area contributed by atoms with Gasteiger partial charge in [-0.25, -0.2) is 18.8 Å². The van der Waals surface area contributed by atoms with Crippen LogP contribution in [0.1, 0.15) is 28.8 Å². The largest absolute Gasteiger partial charge is 0.457 e. The van der Waals surface area contributed by atoms with E-state index in [0.717, 1.165) is 11.3 Å². The number of aryl methyl sites for hydroxylation is 1. The molecule has 0 aliphatic carbocycles. The monoisotopic (exact) mass is 420 g/mol. The number of benzene rings is 1. The molecule has 1 fully saturated rings. The van der Waals surface area contributed by atoms with Crippen molar-refractivity contribution < 1.29 is 23.5 Å². The lowest BCUT2D eigenvalue weighted by atomic mass is 10.1. The molecule has 1 aliphatic heterocycles. The minimum absolute atomic E-state index is 0.112. The highest BCUT2D eigenvalue weighted by Gasteiger charge is 2.27. The number of likely N-dealkylation sites (tertiary alicyclic amines) is 1. The molecule has 29 heavy (non-hydrogen) atoms. The van der Waals surface area contributed by atoms with Gasteiger partial charge in [-0.05, 0) is 43.0 Å². The summed E-state index contributed by atoms with van der Waals surface area (Å²) in [6.07, 6.45) is 0.740. The van der Waals surface area contributed by atoms with E-state index in [0.29, 0.717) is 35.4 Å². The van der Waals surface area contributed by atoms with Crippen LogP contribution in [-0.2, 0) is 4.74 Å². The highest BCUT2D eigenvalue weighted by Crippen LogP contribution is 2.36. The summed E-state index contributed by atoms with van der Waals surface area (Å²) in [4.78, 5) is 37.4. The molecule has 5 N–H and O–H groups in total. The van der Waals surface area contributed by atoms with Crippen LogP contribution in [0.5, 0.6) is 0 Å². The van der Waals surface area contributed by atoms with Crippen LogP contribution in [0.15, 0.2) is 24.3 Å². The highest BCUT2D eigenvalue weighted by atomic mass is 32.1. The number of nitrogens with zero attached hydrogens (tertiary/aromatic N) is 1. The molecule has 1 aliphatic rings. The van der Waals surface area contributed by atoms with Gasteiger partial charge in [0.15, 0.2) is 0 Å². The van der Waals surface area contributed by atoms with Crippen molar-refractivity contribution in [2.45, 2.75) is 25.9 Å². The van der Waals surface area contributed by atoms with Crippen molar-refractivity contribution in [3.05, 3.63) is 41.2 Å². The summed E-state index contributed by atoms with van der Waals surface area (Å²) in [5.74, 6) is -1.04. The smallest absolute Gasteiger partial charge is 0.341 e. The summed E-state index contributed by atoms with van der Waals surface area (Å²) in [6.45, 7) is 2.37. The third-order valence-corrected chi connectivity index (χ3v) is 5.71. The first-order chi connectivity index (χ1) is 13.7. The standard InChI is InChI=1S/C19H21FN4O4S/c1-10-4-5-11(7-14(10)20)15-8-13(16(29-15)23-18(21)26)17(25)28-12-3-2-6-24(9-12)19(22)27/h4-5,7-8,12H,2-3,6,9H2,1H3,(H2,22,27)(H3,21,23,26). The number of primary amides is 2. The molecular formula is C19H21FN4O4S. The van der Waals surface area contributed by atoms with E-state index in [1.54, 1.807) is 19.1 Å². The first kappa shape index (κ1) is 20.6. The average Bonchev–Trinajstić information content (AvgIpc) is 3.07. The summed E-state index contributed by atoms with van der Waals surface area (Å²) in [6, 6.07) is 4.83. The van der Waals surface area contributed by atoms with Gasteiger partial charge < -0.3 is 21.1 Å². The fourth-order valence-corrected chi connectivity index (χ4v) is 4.13. The molecule has 2 heterocycles. The third kappa shape index (κ3) is 4.83. The maximum Gasteiger partial charge on any atom is 0.341 e. The Balaban J connectivity index is 1.85. The number of carbonyl (C=O) groups is 3. The lowest BCUT2D eigenvalue weighted by molar-refractivity contribution is 0.0129. The number of anilines is 1. The maximum absolute atomic E-state index is 13.9. The molecule has 8 nitrogen and oxygen atoms in total. The maximum atomic E-state index is 13.9. The molecule has 154 valence electrons. The molecule has 1 atom stereocenters. The fraction of sp³-hybridized carbons (Fsp3) is 0.316. The third-order valence-electron chi connectivity index (χ3n) is 4.61. The van der Waals surface area contributed by atoms with Crippen LogP contribution in [0.3, 0.4) is 0 Å². The highest BCUT2D eigenvalue weighted by molar-refractivity contribution is 7.20. The molecule has 0 saturated carbocycles. The lowest BCUT2D eigenvalue weighted by Crippen LogP contribution is -2.46. The van der Waals surface area contributed by atoms with Gasteiger partial charge in [-0.2, -0.15) is 0 Å². The topological polar surface area (TPSA) is 128 Å². The van der Waals surface area contributed by atoms with Gasteiger partial charge in [0.1, 0.15) is 16.9 Å². The minimum Gasteiger partial charge on any atom is -0.457 e. The van der Waals surface area contributed by atoms with Gasteiger partial charge in [0, 0.05) is 11.4 Å². The Labute approximate surface area is 170 Å². The second-order valence-corrected chi connectivity index (χ2v) is 7.81. The van der Waals surface area contributed by atoms with Crippen LogP contribution in [0, 0.1) is 12.7 Å². The summed E-state index contributed by atoms with van der Waals surface area (Å²) in [5.41, 5.74) is 11.7. The summed E-state index contributed by atoms with van der Waals surface area (Å²) >= 11 is 1.09. The summed E-state index contributed by atoms with van der Waals surface area (Å²) in [7, 11) is 0. The molecule has 0 bridgehead atoms. The van der Waals surface area contributed by atoms with Crippen molar-refractivity contribution in [3.63, 3.8) is 0 Å². The van der Waals surface area contributed by atoms with E-state index in [4.69, 9.17) is 16.2 Å². The SMILES string of the molecule is Cc1ccc(-c2cc(C(=O)OC3CCCN(C(N)=O)C3)c(NC(N)=O)s2)cc1F. The Kier molecular flexibility index (Phi) is 6.02. The molecule has 1 aromatic heterocycles. The van der Waals surface area contributed by atoms with E-state index in [-0.39, 0.29) is 22.9 Å². The predicted octanol–water partition coefficient (Wildman–Crippen LogP) is 3.05. The van der Waals surface area contributed by atoms with E-state index in [1.165, 1.54) is 17.0 Å². The molecule has 4 amide bonds. The number of urea groups is 2. The molecule has 0 radical (unpaired) electrons. The van der Waals surface area contributed by atoms with Crippen molar-refractivity contribution in [1.82, 2.24) is 4.90 Å². The van der Waals surface area contributed by atoms with Crippen LogP contribution in [0.2, 0.25) is 0 Å². The number of hydrogen-bond donors (Lipinski definition) is 3. The van der Waals surface area contributed by atoms with Gasteiger partial charge in [0.25, 0.3) is 0 Å². The van der Waals surface area contributed by atoms with Crippen LogP contribution >= 0.6 is 11.3 Å². The number of nitrogens with one attached hydrogen (secondary N) is 1. The molecule has 1 aromatic carbocycles. The number of rotatable bonds is 4. The Morgan fingerprint density at radius 2 is 2.03 bits per heavy atom. The van der Waals surface area contributed by atoms with Crippen LogP contribution in [0.25, 0.3) is 10.4 Å². The molecule has 10 heteroatoms. The number of thiophene rings is 1. The van der Waals surface area contributed by atoms with Gasteiger partial charge in [-0.1, -0.05) is 12.1 Å². The quantitative estimate of drug-likeness (QED) is 0.657. The van der Waals surface area contributed by atoms with E-state index >= 15 is 0 Å². The zero-order chi connectivity index (χ0) is 21.1. The van der Waals surface area contributed by atoms with Crippen LogP contribution < -0.4 is 16.8 Å². The van der Waals surface area contributed by atoms with Gasteiger partial charge in [-0.15, -0.1) is 11.3 Å². The zero-order valence-electron chi connectivity index (χ0n) is 15.7. The van der Waals surface area contributed by atoms with Crippen molar-refractivity contribution in [2.75, 3.05) is 18.4 Å². The van der Waals surface area contributed by atoms with Crippen molar-refractivity contribution >= 4 is 34.4 Å². The Bertz CT molecular complexity index is 962. The minimum atomic E-state index is -0.833. The number of nitrogens with two attached hydrogens (primary N) is 2. The van der Waals surface area contributed by atoms with Crippen molar-refractivity contribution in [3.8, 4) is 10.4 Å². The number of carbonyl (C=O) groups excluding carboxylic acids is 3. The van der Waals surface area contributed by atoms with Crippen LogP contribution in [-0.4, -0.2) is 42.1 Å². The summed E-state index contributed by atoms with van der Waals surface area (Å²) in [5, 5.41) is 2.62. The number of esters is 1. The zero-order valence-corrected chi connectivity index (χ0v) is 16.6. The Hall–Kier alpha value is -3.14. The average molecular weight is 420 g/mol. The second-order valence-electron chi connectivity index (χ2n) is 6.76. The molecule has 3 rings (SSSR count). The van der Waals surface area contributed by atoms with Gasteiger partial charge >= 0.3 is 18.0 Å². The Morgan fingerprint density at radius 1 is 1.28 bits per heavy atom. The van der Waals surface area contributed by atoms with Gasteiger partial charge in [0.2, 0.25) is 0 Å². The van der Waals surface area contributed by atoms with Gasteiger partial charge in [-0.3, -0.25) is 5.32 Å². The first-order valence-electron chi connectivity index (χ1n) is 8.96. The number of ether oxygens (including phenoxy) is 1. The number of amides is 4. The molecule has 2 aromatic rings. The normalized spacial score (nSPS) is 16.3. The Morgan fingerprint density at radius 3 is 2.69 bits per heavy atom. The van der Waals surface area contributed by atoms with Crippen LogP contribution in [0.4, 0.5) is 19.0 Å². The van der Waals surface area contributed by atoms with E-state index < -0.39 is 24.1 Å². The predicted molar refractivity (Wildman–Crippen MR) is 107 cm³/mol.